The number of alkyl halides is 1. The highest BCUT2D eigenvalue weighted by Crippen LogP contribution is 2.37. The Bertz CT molecular complexity index is 366. The van der Waals surface area contributed by atoms with Gasteiger partial charge in [-0.25, -0.2) is 0 Å². The molecule has 0 N–H and O–H groups in total. The van der Waals surface area contributed by atoms with Crippen molar-refractivity contribution < 1.29 is 4.74 Å². The molecular weight excluding hydrogens is 356 g/mol. The van der Waals surface area contributed by atoms with Crippen LogP contribution in [0, 0.1) is 5.92 Å². The fraction of sp³-hybridized carbons (Fsp3) is 0.600. The van der Waals surface area contributed by atoms with Gasteiger partial charge in [-0.2, -0.15) is 0 Å². The van der Waals surface area contributed by atoms with Crippen molar-refractivity contribution in [3.8, 4) is 5.75 Å². The van der Waals surface area contributed by atoms with Gasteiger partial charge in [-0.1, -0.05) is 49.2 Å². The molecule has 102 valence electrons. The van der Waals surface area contributed by atoms with Crippen LogP contribution >= 0.6 is 31.9 Å². The summed E-state index contributed by atoms with van der Waals surface area (Å²) in [5.74, 6) is 1.58. The second kappa shape index (κ2) is 8.21. The van der Waals surface area contributed by atoms with Gasteiger partial charge < -0.3 is 4.74 Å². The lowest BCUT2D eigenvalue weighted by molar-refractivity contribution is 0.315. The Morgan fingerprint density at radius 3 is 2.50 bits per heavy atom. The van der Waals surface area contributed by atoms with Crippen molar-refractivity contribution in [1.82, 2.24) is 0 Å². The molecule has 0 saturated heterocycles. The van der Waals surface area contributed by atoms with Crippen molar-refractivity contribution in [3.05, 3.63) is 28.2 Å². The number of benzene rings is 1. The summed E-state index contributed by atoms with van der Waals surface area (Å²) in [6.07, 6.45) is 3.49. The average Bonchev–Trinajstić information content (AvgIpc) is 2.36. The predicted octanol–water partition coefficient (Wildman–Crippen LogP) is 6.11. The maximum absolute atomic E-state index is 5.67. The molecule has 1 rings (SSSR count). The second-order valence-electron chi connectivity index (χ2n) is 4.71. The predicted molar refractivity (Wildman–Crippen MR) is 85.7 cm³/mol. The summed E-state index contributed by atoms with van der Waals surface area (Å²) in [6.45, 7) is 7.40. The molecule has 0 heterocycles. The summed E-state index contributed by atoms with van der Waals surface area (Å²) >= 11 is 7.39. The van der Waals surface area contributed by atoms with E-state index >= 15 is 0 Å². The zero-order valence-electron chi connectivity index (χ0n) is 11.4. The highest BCUT2D eigenvalue weighted by molar-refractivity contribution is 9.10. The molecule has 2 unspecified atom stereocenters. The minimum absolute atomic E-state index is 0.411. The molecule has 0 aliphatic carbocycles. The summed E-state index contributed by atoms with van der Waals surface area (Å²) in [5.41, 5.74) is 1.31. The molecule has 3 heteroatoms. The van der Waals surface area contributed by atoms with Crippen molar-refractivity contribution in [2.24, 2.45) is 5.92 Å². The van der Waals surface area contributed by atoms with Crippen molar-refractivity contribution in [1.29, 1.82) is 0 Å². The third-order valence-electron chi connectivity index (χ3n) is 2.98. The molecule has 1 aromatic carbocycles. The fourth-order valence-corrected chi connectivity index (χ4v) is 3.01. The Morgan fingerprint density at radius 2 is 1.94 bits per heavy atom. The Kier molecular flexibility index (Phi) is 7.31. The summed E-state index contributed by atoms with van der Waals surface area (Å²) in [7, 11) is 0. The monoisotopic (exact) mass is 376 g/mol. The zero-order valence-corrected chi connectivity index (χ0v) is 14.6. The number of rotatable bonds is 7. The maximum Gasteiger partial charge on any atom is 0.133 e. The molecule has 0 saturated carbocycles. The van der Waals surface area contributed by atoms with Crippen molar-refractivity contribution in [2.45, 2.75) is 44.9 Å². The quantitative estimate of drug-likeness (QED) is 0.520. The van der Waals surface area contributed by atoms with Gasteiger partial charge in [-0.15, -0.1) is 0 Å². The molecule has 18 heavy (non-hydrogen) atoms. The Labute approximate surface area is 128 Å². The van der Waals surface area contributed by atoms with E-state index in [0.717, 1.165) is 23.2 Å². The van der Waals surface area contributed by atoms with Gasteiger partial charge in [0, 0.05) is 4.83 Å². The average molecular weight is 378 g/mol. The van der Waals surface area contributed by atoms with Crippen molar-refractivity contribution in [2.75, 3.05) is 6.61 Å². The Hall–Kier alpha value is -0.0200. The first-order valence-electron chi connectivity index (χ1n) is 6.66. The van der Waals surface area contributed by atoms with Crippen LogP contribution in [0.4, 0.5) is 0 Å². The molecule has 2 atom stereocenters. The van der Waals surface area contributed by atoms with Crippen LogP contribution in [0.25, 0.3) is 0 Å². The van der Waals surface area contributed by atoms with Crippen molar-refractivity contribution in [3.63, 3.8) is 0 Å². The van der Waals surface area contributed by atoms with Crippen LogP contribution in [0.1, 0.15) is 50.4 Å². The minimum Gasteiger partial charge on any atom is -0.492 e. The maximum atomic E-state index is 5.67. The van der Waals surface area contributed by atoms with E-state index in [4.69, 9.17) is 4.74 Å². The van der Waals surface area contributed by atoms with E-state index in [1.165, 1.54) is 18.4 Å². The zero-order chi connectivity index (χ0) is 13.5. The lowest BCUT2D eigenvalue weighted by Crippen LogP contribution is -2.04. The first-order chi connectivity index (χ1) is 8.60. The van der Waals surface area contributed by atoms with Gasteiger partial charge in [0.25, 0.3) is 0 Å². The molecule has 1 nitrogen and oxygen atoms in total. The molecule has 1 aromatic rings. The Morgan fingerprint density at radius 1 is 1.22 bits per heavy atom. The molecule has 0 bridgehead atoms. The molecule has 0 aliphatic rings. The van der Waals surface area contributed by atoms with E-state index in [1.54, 1.807) is 0 Å². The van der Waals surface area contributed by atoms with Crippen LogP contribution in [0.3, 0.4) is 0 Å². The third kappa shape index (κ3) is 4.58. The first kappa shape index (κ1) is 16.0. The molecule has 0 aliphatic heterocycles. The molecule has 0 radical (unpaired) electrons. The van der Waals surface area contributed by atoms with E-state index in [2.05, 4.69) is 70.8 Å². The van der Waals surface area contributed by atoms with E-state index in [0.29, 0.717) is 10.7 Å². The molecule has 0 aromatic heterocycles. The van der Waals surface area contributed by atoms with Crippen molar-refractivity contribution >= 4 is 31.9 Å². The highest BCUT2D eigenvalue weighted by atomic mass is 79.9. The van der Waals surface area contributed by atoms with Gasteiger partial charge in [-0.05, 0) is 52.4 Å². The highest BCUT2D eigenvalue weighted by Gasteiger charge is 2.16. The van der Waals surface area contributed by atoms with Crippen LogP contribution in [0.5, 0.6) is 5.75 Å². The lowest BCUT2D eigenvalue weighted by Gasteiger charge is -2.19. The Balaban J connectivity index is 2.76. The van der Waals surface area contributed by atoms with Gasteiger partial charge in [0.15, 0.2) is 0 Å². The number of ether oxygens (including phenoxy) is 1. The molecular formula is C15H22Br2O. The fourth-order valence-electron chi connectivity index (χ4n) is 1.95. The van der Waals surface area contributed by atoms with Gasteiger partial charge in [0.1, 0.15) is 5.75 Å². The van der Waals surface area contributed by atoms with E-state index in [-0.39, 0.29) is 0 Å². The standard InChI is InChI=1S/C15H22Br2O/c1-4-6-11(3)15(17)12-7-8-14(13(16)10-12)18-9-5-2/h7-8,10-11,15H,4-6,9H2,1-3H3. The summed E-state index contributed by atoms with van der Waals surface area (Å²) in [6, 6.07) is 6.37. The van der Waals surface area contributed by atoms with Crippen LogP contribution < -0.4 is 4.74 Å². The number of hydrogen-bond donors (Lipinski definition) is 0. The first-order valence-corrected chi connectivity index (χ1v) is 8.37. The number of halogens is 2. The van der Waals surface area contributed by atoms with Crippen LogP contribution in [-0.2, 0) is 0 Å². The van der Waals surface area contributed by atoms with E-state index < -0.39 is 0 Å². The minimum atomic E-state index is 0.411. The smallest absolute Gasteiger partial charge is 0.133 e. The van der Waals surface area contributed by atoms with Gasteiger partial charge >= 0.3 is 0 Å². The molecule has 0 amide bonds. The van der Waals surface area contributed by atoms with Gasteiger partial charge in [-0.3, -0.25) is 0 Å². The topological polar surface area (TPSA) is 9.23 Å². The lowest BCUT2D eigenvalue weighted by atomic mass is 9.97. The SMILES string of the molecule is CCCOc1ccc(C(Br)C(C)CCC)cc1Br. The third-order valence-corrected chi connectivity index (χ3v) is 5.03. The number of hydrogen-bond acceptors (Lipinski definition) is 1. The molecule has 0 spiro atoms. The van der Waals surface area contributed by atoms with Gasteiger partial charge in [0.05, 0.1) is 11.1 Å². The van der Waals surface area contributed by atoms with E-state index in [9.17, 15) is 0 Å². The largest absolute Gasteiger partial charge is 0.492 e. The van der Waals surface area contributed by atoms with Gasteiger partial charge in [0.2, 0.25) is 0 Å². The van der Waals surface area contributed by atoms with E-state index in [1.807, 2.05) is 0 Å². The van der Waals surface area contributed by atoms with Crippen LogP contribution in [0.2, 0.25) is 0 Å². The second-order valence-corrected chi connectivity index (χ2v) is 6.55. The summed E-state index contributed by atoms with van der Waals surface area (Å²) in [5, 5.41) is 0. The summed E-state index contributed by atoms with van der Waals surface area (Å²) in [4.78, 5) is 0.411. The summed E-state index contributed by atoms with van der Waals surface area (Å²) < 4.78 is 6.71. The molecule has 0 fully saturated rings. The van der Waals surface area contributed by atoms with Crippen LogP contribution in [-0.4, -0.2) is 6.61 Å². The normalized spacial score (nSPS) is 14.3. The van der Waals surface area contributed by atoms with Crippen LogP contribution in [0.15, 0.2) is 22.7 Å².